The molecule has 0 radical (unpaired) electrons. The largest absolute Gasteiger partial charge is 0.481 e. The van der Waals surface area contributed by atoms with Gasteiger partial charge in [-0.3, -0.25) is 9.59 Å². The summed E-state index contributed by atoms with van der Waals surface area (Å²) in [7, 11) is 0. The van der Waals surface area contributed by atoms with E-state index < -0.39 is 17.8 Å². The van der Waals surface area contributed by atoms with Gasteiger partial charge in [0.25, 0.3) is 0 Å². The van der Waals surface area contributed by atoms with Gasteiger partial charge >= 0.3 is 5.97 Å². The second-order valence-corrected chi connectivity index (χ2v) is 8.10. The van der Waals surface area contributed by atoms with E-state index >= 15 is 0 Å². The van der Waals surface area contributed by atoms with Gasteiger partial charge in [0.15, 0.2) is 0 Å². The summed E-state index contributed by atoms with van der Waals surface area (Å²) in [6, 6.07) is 2.24. The van der Waals surface area contributed by atoms with E-state index in [1.54, 1.807) is 0 Å². The number of carboxylic acid groups (broad SMARTS) is 1. The predicted octanol–water partition coefficient (Wildman–Crippen LogP) is 3.57. The van der Waals surface area contributed by atoms with E-state index in [0.717, 1.165) is 37.7 Å². The first-order valence-electron chi connectivity index (χ1n) is 8.59. The Morgan fingerprint density at radius 1 is 1.25 bits per heavy atom. The van der Waals surface area contributed by atoms with Gasteiger partial charge in [-0.25, -0.2) is 0 Å². The summed E-state index contributed by atoms with van der Waals surface area (Å²) in [4.78, 5) is 25.3. The van der Waals surface area contributed by atoms with E-state index in [4.69, 9.17) is 0 Å². The van der Waals surface area contributed by atoms with Crippen LogP contribution in [0.4, 0.5) is 5.00 Å². The van der Waals surface area contributed by atoms with E-state index in [2.05, 4.69) is 18.3 Å². The Kier molecular flexibility index (Phi) is 4.91. The molecule has 2 aliphatic rings. The number of nitrogens with zero attached hydrogens (tertiary/aromatic N) is 1. The molecule has 6 heteroatoms. The highest BCUT2D eigenvalue weighted by Gasteiger charge is 2.36. The number of hydrogen-bond donors (Lipinski definition) is 2. The molecule has 2 N–H and O–H groups in total. The maximum atomic E-state index is 12.7. The zero-order valence-electron chi connectivity index (χ0n) is 13.8. The number of amides is 1. The molecule has 2 aliphatic carbocycles. The molecule has 1 heterocycles. The molecule has 0 spiro atoms. The summed E-state index contributed by atoms with van der Waals surface area (Å²) in [5, 5.41) is 22.3. The van der Waals surface area contributed by atoms with Crippen molar-refractivity contribution < 1.29 is 14.7 Å². The Labute approximate surface area is 145 Å². The van der Waals surface area contributed by atoms with Crippen LogP contribution in [-0.4, -0.2) is 17.0 Å². The van der Waals surface area contributed by atoms with Gasteiger partial charge in [0, 0.05) is 4.88 Å². The summed E-state index contributed by atoms with van der Waals surface area (Å²) in [6.07, 6.45) is 5.79. The number of thiophene rings is 1. The van der Waals surface area contributed by atoms with Crippen LogP contribution in [0.1, 0.15) is 55.0 Å². The van der Waals surface area contributed by atoms with Crippen LogP contribution in [-0.2, 0) is 22.4 Å². The van der Waals surface area contributed by atoms with Crippen molar-refractivity contribution in [2.45, 2.75) is 51.9 Å². The van der Waals surface area contributed by atoms with E-state index in [-0.39, 0.29) is 5.91 Å². The minimum atomic E-state index is -0.894. The van der Waals surface area contributed by atoms with Crippen molar-refractivity contribution in [3.05, 3.63) is 16.0 Å². The maximum absolute atomic E-state index is 12.7. The lowest BCUT2D eigenvalue weighted by atomic mass is 9.78. The van der Waals surface area contributed by atoms with Crippen molar-refractivity contribution in [2.24, 2.45) is 17.8 Å². The van der Waals surface area contributed by atoms with Crippen molar-refractivity contribution in [2.75, 3.05) is 5.32 Å². The number of carbonyl (C=O) groups excluding carboxylic acids is 1. The molecule has 5 nitrogen and oxygen atoms in total. The minimum absolute atomic E-state index is 0.245. The molecule has 0 aliphatic heterocycles. The summed E-state index contributed by atoms with van der Waals surface area (Å²) >= 11 is 1.49. The molecule has 128 valence electrons. The molecule has 24 heavy (non-hydrogen) atoms. The highest BCUT2D eigenvalue weighted by atomic mass is 32.1. The number of nitrogens with one attached hydrogen (secondary N) is 1. The normalized spacial score (nSPS) is 26.2. The van der Waals surface area contributed by atoms with E-state index in [1.165, 1.54) is 16.2 Å². The number of nitriles is 1. The van der Waals surface area contributed by atoms with Crippen molar-refractivity contribution in [1.29, 1.82) is 5.26 Å². The Hall–Kier alpha value is -1.87. The quantitative estimate of drug-likeness (QED) is 0.875. The lowest BCUT2D eigenvalue weighted by molar-refractivity contribution is -0.147. The third-order valence-corrected chi connectivity index (χ3v) is 6.45. The van der Waals surface area contributed by atoms with Crippen molar-refractivity contribution in [3.8, 4) is 6.07 Å². The van der Waals surface area contributed by atoms with Crippen LogP contribution >= 0.6 is 11.3 Å². The molecule has 1 amide bonds. The molecule has 1 saturated carbocycles. The minimum Gasteiger partial charge on any atom is -0.481 e. The number of anilines is 1. The van der Waals surface area contributed by atoms with Gasteiger partial charge in [-0.1, -0.05) is 19.8 Å². The van der Waals surface area contributed by atoms with E-state index in [0.29, 0.717) is 29.3 Å². The van der Waals surface area contributed by atoms with E-state index in [1.807, 2.05) is 0 Å². The van der Waals surface area contributed by atoms with Crippen molar-refractivity contribution >= 4 is 28.2 Å². The first-order chi connectivity index (χ1) is 11.5. The number of carboxylic acids is 1. The molecular formula is C18H22N2O3S. The smallest absolute Gasteiger partial charge is 0.307 e. The molecule has 1 aromatic heterocycles. The number of carbonyl (C=O) groups is 2. The first-order valence-corrected chi connectivity index (χ1v) is 9.41. The van der Waals surface area contributed by atoms with Crippen LogP contribution in [0.15, 0.2) is 0 Å². The molecule has 0 bridgehead atoms. The van der Waals surface area contributed by atoms with Crippen LogP contribution in [0, 0.1) is 29.1 Å². The second-order valence-electron chi connectivity index (χ2n) is 6.99. The van der Waals surface area contributed by atoms with Gasteiger partial charge in [0.2, 0.25) is 5.91 Å². The van der Waals surface area contributed by atoms with Gasteiger partial charge in [-0.2, -0.15) is 5.26 Å². The molecular weight excluding hydrogens is 324 g/mol. The molecule has 1 aromatic rings. The fraction of sp³-hybridized carbons (Fsp3) is 0.611. The average Bonchev–Trinajstić information content (AvgIpc) is 2.90. The third-order valence-electron chi connectivity index (χ3n) is 5.28. The Bertz CT molecular complexity index is 704. The summed E-state index contributed by atoms with van der Waals surface area (Å²) in [5.74, 6) is -1.65. The van der Waals surface area contributed by atoms with Crippen LogP contribution in [0.3, 0.4) is 0 Å². The number of aliphatic carboxylic acids is 1. The Morgan fingerprint density at radius 3 is 2.62 bits per heavy atom. The van der Waals surface area contributed by atoms with Crippen LogP contribution in [0.5, 0.6) is 0 Å². The van der Waals surface area contributed by atoms with Crippen LogP contribution < -0.4 is 5.32 Å². The molecule has 3 atom stereocenters. The number of hydrogen-bond acceptors (Lipinski definition) is 4. The van der Waals surface area contributed by atoms with Crippen LogP contribution in [0.25, 0.3) is 0 Å². The standard InChI is InChI=1S/C18H22N2O3S/c1-10-6-7-11-14(9-19)17(24-15(11)8-10)20-16(21)12-4-2-3-5-13(12)18(22)23/h10,12-13H,2-8H2,1H3,(H,20,21)(H,22,23)/t10-,12+,13-/m1/s1. The zero-order valence-corrected chi connectivity index (χ0v) is 14.6. The molecule has 1 fully saturated rings. The summed E-state index contributed by atoms with van der Waals surface area (Å²) < 4.78 is 0. The average molecular weight is 346 g/mol. The topological polar surface area (TPSA) is 90.2 Å². The summed E-state index contributed by atoms with van der Waals surface area (Å²) in [5.41, 5.74) is 1.66. The fourth-order valence-corrected chi connectivity index (χ4v) is 5.27. The third kappa shape index (κ3) is 3.18. The Morgan fingerprint density at radius 2 is 1.96 bits per heavy atom. The predicted molar refractivity (Wildman–Crippen MR) is 91.9 cm³/mol. The van der Waals surface area contributed by atoms with Gasteiger partial charge in [0.05, 0.1) is 17.4 Å². The van der Waals surface area contributed by atoms with Gasteiger partial charge in [-0.05, 0) is 43.6 Å². The Balaban J connectivity index is 1.82. The molecule has 0 unspecified atom stereocenters. The highest BCUT2D eigenvalue weighted by Crippen LogP contribution is 2.40. The highest BCUT2D eigenvalue weighted by molar-refractivity contribution is 7.16. The van der Waals surface area contributed by atoms with Crippen molar-refractivity contribution in [3.63, 3.8) is 0 Å². The molecule has 0 saturated heterocycles. The lowest BCUT2D eigenvalue weighted by Crippen LogP contribution is -2.36. The number of rotatable bonds is 3. The van der Waals surface area contributed by atoms with Gasteiger partial charge in [0.1, 0.15) is 11.1 Å². The maximum Gasteiger partial charge on any atom is 0.307 e. The fourth-order valence-electron chi connectivity index (χ4n) is 3.90. The second kappa shape index (κ2) is 6.94. The van der Waals surface area contributed by atoms with Crippen molar-refractivity contribution in [1.82, 2.24) is 0 Å². The SMILES string of the molecule is C[C@@H]1CCc2c(sc(NC(=O)[C@H]3CCCC[C@H]3C(=O)O)c2C#N)C1. The van der Waals surface area contributed by atoms with Gasteiger partial charge < -0.3 is 10.4 Å². The monoisotopic (exact) mass is 346 g/mol. The van der Waals surface area contributed by atoms with Gasteiger partial charge in [-0.15, -0.1) is 11.3 Å². The van der Waals surface area contributed by atoms with E-state index in [9.17, 15) is 20.0 Å². The molecule has 0 aromatic carbocycles. The summed E-state index contributed by atoms with van der Waals surface area (Å²) in [6.45, 7) is 2.20. The zero-order chi connectivity index (χ0) is 17.3. The lowest BCUT2D eigenvalue weighted by Gasteiger charge is -2.27. The first kappa shape index (κ1) is 17.0. The van der Waals surface area contributed by atoms with Crippen LogP contribution in [0.2, 0.25) is 0 Å². The molecule has 3 rings (SSSR count). The number of fused-ring (bicyclic) bond motifs is 1.